The van der Waals surface area contributed by atoms with Gasteiger partial charge in [0.15, 0.2) is 5.65 Å². The average Bonchev–Trinajstić information content (AvgIpc) is 3.05. The van der Waals surface area contributed by atoms with Crippen LogP contribution in [0.5, 0.6) is 0 Å². The Morgan fingerprint density at radius 1 is 1.19 bits per heavy atom. The van der Waals surface area contributed by atoms with Crippen LogP contribution >= 0.6 is 27.5 Å². The molecule has 0 saturated heterocycles. The molecule has 0 N–H and O–H groups in total. The summed E-state index contributed by atoms with van der Waals surface area (Å²) in [6, 6.07) is 8.23. The molecule has 0 amide bonds. The minimum absolute atomic E-state index is 0.721. The Balaban J connectivity index is 2.03. The summed E-state index contributed by atoms with van der Waals surface area (Å²) in [5, 5.41) is 5.32. The molecule has 0 saturated carbocycles. The lowest BCUT2D eigenvalue weighted by Gasteiger charge is -2.06. The van der Waals surface area contributed by atoms with Crippen molar-refractivity contribution < 1.29 is 0 Å². The molecule has 21 heavy (non-hydrogen) atoms. The molecule has 3 aromatic rings. The third kappa shape index (κ3) is 2.00. The van der Waals surface area contributed by atoms with Gasteiger partial charge in [-0.15, -0.1) is 0 Å². The molecule has 0 bridgehead atoms. The first-order valence-electron chi connectivity index (χ1n) is 6.97. The number of hydrogen-bond donors (Lipinski definition) is 0. The second-order valence-electron chi connectivity index (χ2n) is 5.38. The lowest BCUT2D eigenvalue weighted by Crippen LogP contribution is -1.99. The number of fused-ring (bicyclic) bond motifs is 2. The molecule has 2 aromatic heterocycles. The summed E-state index contributed by atoms with van der Waals surface area (Å²) in [4.78, 5) is 4.84. The fourth-order valence-electron chi connectivity index (χ4n) is 3.04. The Morgan fingerprint density at radius 2 is 1.95 bits per heavy atom. The van der Waals surface area contributed by atoms with Crippen molar-refractivity contribution >= 4 is 33.2 Å². The molecule has 1 aliphatic rings. The normalized spacial score (nSPS) is 13.9. The van der Waals surface area contributed by atoms with Crippen molar-refractivity contribution in [1.29, 1.82) is 0 Å². The summed E-state index contributed by atoms with van der Waals surface area (Å²) >= 11 is 10.0. The Kier molecular flexibility index (Phi) is 3.05. The number of aromatic nitrogens is 3. The minimum atomic E-state index is 0.721. The van der Waals surface area contributed by atoms with Crippen LogP contribution in [0.2, 0.25) is 5.15 Å². The zero-order valence-electron chi connectivity index (χ0n) is 11.5. The van der Waals surface area contributed by atoms with Gasteiger partial charge in [0.2, 0.25) is 0 Å². The Morgan fingerprint density at radius 3 is 2.71 bits per heavy atom. The number of aryl methyl sites for hydroxylation is 2. The molecule has 0 unspecified atom stereocenters. The maximum atomic E-state index is 6.54. The van der Waals surface area contributed by atoms with Crippen molar-refractivity contribution in [2.45, 2.75) is 26.2 Å². The Bertz CT molecular complexity index is 852. The summed E-state index contributed by atoms with van der Waals surface area (Å²) in [5.41, 5.74) is 6.29. The first-order chi connectivity index (χ1) is 10.1. The van der Waals surface area contributed by atoms with Crippen LogP contribution in [0.3, 0.4) is 0 Å². The monoisotopic (exact) mass is 361 g/mol. The SMILES string of the molecule is Cc1nn2c(Cl)c3c(nc2c1-c1ccc(Br)cc1)CCC3. The largest absolute Gasteiger partial charge is 0.233 e. The smallest absolute Gasteiger partial charge is 0.165 e. The van der Waals surface area contributed by atoms with Crippen LogP contribution in [-0.2, 0) is 12.8 Å². The van der Waals surface area contributed by atoms with Gasteiger partial charge in [-0.25, -0.2) is 9.50 Å². The molecule has 3 nitrogen and oxygen atoms in total. The van der Waals surface area contributed by atoms with Gasteiger partial charge in [-0.2, -0.15) is 5.10 Å². The van der Waals surface area contributed by atoms with Crippen LogP contribution in [0.4, 0.5) is 0 Å². The van der Waals surface area contributed by atoms with Crippen LogP contribution in [-0.4, -0.2) is 14.6 Å². The van der Waals surface area contributed by atoms with Gasteiger partial charge in [0.25, 0.3) is 0 Å². The molecule has 1 aromatic carbocycles. The van der Waals surface area contributed by atoms with Crippen molar-refractivity contribution in [2.24, 2.45) is 0 Å². The molecular weight excluding hydrogens is 350 g/mol. The van der Waals surface area contributed by atoms with Crippen LogP contribution in [0.1, 0.15) is 23.4 Å². The number of hydrogen-bond acceptors (Lipinski definition) is 2. The highest BCUT2D eigenvalue weighted by atomic mass is 79.9. The number of nitrogens with zero attached hydrogens (tertiary/aromatic N) is 3. The molecule has 0 radical (unpaired) electrons. The van der Waals surface area contributed by atoms with Gasteiger partial charge >= 0.3 is 0 Å². The third-order valence-electron chi connectivity index (χ3n) is 4.03. The van der Waals surface area contributed by atoms with E-state index < -0.39 is 0 Å². The first kappa shape index (κ1) is 13.3. The van der Waals surface area contributed by atoms with E-state index in [1.54, 1.807) is 4.52 Å². The van der Waals surface area contributed by atoms with Crippen LogP contribution in [0, 0.1) is 6.92 Å². The maximum Gasteiger partial charge on any atom is 0.165 e. The van der Waals surface area contributed by atoms with Crippen molar-refractivity contribution in [1.82, 2.24) is 14.6 Å². The number of rotatable bonds is 1. The zero-order chi connectivity index (χ0) is 14.6. The molecule has 0 atom stereocenters. The fraction of sp³-hybridized carbons (Fsp3) is 0.250. The zero-order valence-corrected chi connectivity index (χ0v) is 13.9. The molecule has 2 heterocycles. The molecule has 1 aliphatic carbocycles. The van der Waals surface area contributed by atoms with E-state index in [2.05, 4.69) is 33.2 Å². The van der Waals surface area contributed by atoms with Crippen LogP contribution < -0.4 is 0 Å². The maximum absolute atomic E-state index is 6.54. The highest BCUT2D eigenvalue weighted by molar-refractivity contribution is 9.10. The van der Waals surface area contributed by atoms with Gasteiger partial charge < -0.3 is 0 Å². The van der Waals surface area contributed by atoms with Gasteiger partial charge in [-0.3, -0.25) is 0 Å². The van der Waals surface area contributed by atoms with Gasteiger partial charge in [0, 0.05) is 21.3 Å². The second kappa shape index (κ2) is 4.82. The predicted molar refractivity (Wildman–Crippen MR) is 87.9 cm³/mol. The Hall–Kier alpha value is -1.39. The molecule has 0 fully saturated rings. The summed E-state index contributed by atoms with van der Waals surface area (Å²) in [6.07, 6.45) is 3.14. The van der Waals surface area contributed by atoms with E-state index in [-0.39, 0.29) is 0 Å². The number of benzene rings is 1. The van der Waals surface area contributed by atoms with Crippen molar-refractivity contribution in [3.63, 3.8) is 0 Å². The molecule has 5 heteroatoms. The van der Waals surface area contributed by atoms with Crippen LogP contribution in [0.25, 0.3) is 16.8 Å². The summed E-state index contributed by atoms with van der Waals surface area (Å²) in [6.45, 7) is 2.01. The molecule has 4 rings (SSSR count). The van der Waals surface area contributed by atoms with E-state index in [1.807, 2.05) is 19.1 Å². The lowest BCUT2D eigenvalue weighted by molar-refractivity contribution is 0.896. The second-order valence-corrected chi connectivity index (χ2v) is 6.66. The fourth-order valence-corrected chi connectivity index (χ4v) is 3.62. The van der Waals surface area contributed by atoms with E-state index >= 15 is 0 Å². The van der Waals surface area contributed by atoms with Crippen LogP contribution in [0.15, 0.2) is 28.7 Å². The minimum Gasteiger partial charge on any atom is -0.233 e. The van der Waals surface area contributed by atoms with E-state index in [1.165, 1.54) is 0 Å². The van der Waals surface area contributed by atoms with E-state index in [0.29, 0.717) is 0 Å². The predicted octanol–water partition coefficient (Wildman–Crippen LogP) is 4.61. The molecule has 106 valence electrons. The molecule has 0 aliphatic heterocycles. The topological polar surface area (TPSA) is 30.2 Å². The highest BCUT2D eigenvalue weighted by Crippen LogP contribution is 2.34. The van der Waals surface area contributed by atoms with Gasteiger partial charge in [-0.1, -0.05) is 39.7 Å². The summed E-state index contributed by atoms with van der Waals surface area (Å²) < 4.78 is 2.85. The average molecular weight is 363 g/mol. The van der Waals surface area contributed by atoms with Crippen molar-refractivity contribution in [3.8, 4) is 11.1 Å². The summed E-state index contributed by atoms with van der Waals surface area (Å²) in [5.74, 6) is 0. The lowest BCUT2D eigenvalue weighted by atomic mass is 10.1. The quantitative estimate of drug-likeness (QED) is 0.592. The number of halogens is 2. The van der Waals surface area contributed by atoms with Gasteiger partial charge in [-0.05, 0) is 43.9 Å². The highest BCUT2D eigenvalue weighted by Gasteiger charge is 2.22. The first-order valence-corrected chi connectivity index (χ1v) is 8.15. The van der Waals surface area contributed by atoms with Crippen molar-refractivity contribution in [2.75, 3.05) is 0 Å². The van der Waals surface area contributed by atoms with Crippen molar-refractivity contribution in [3.05, 3.63) is 50.8 Å². The molecule has 0 spiro atoms. The summed E-state index contributed by atoms with van der Waals surface area (Å²) in [7, 11) is 0. The third-order valence-corrected chi connectivity index (χ3v) is 4.95. The Labute approximate surface area is 136 Å². The van der Waals surface area contributed by atoms with E-state index in [4.69, 9.17) is 16.6 Å². The molecular formula is C16H13BrClN3. The van der Waals surface area contributed by atoms with Gasteiger partial charge in [0.1, 0.15) is 5.15 Å². The van der Waals surface area contributed by atoms with E-state index in [0.717, 1.165) is 62.6 Å². The van der Waals surface area contributed by atoms with E-state index in [9.17, 15) is 0 Å². The standard InChI is InChI=1S/C16H13BrClN3/c1-9-14(10-5-7-11(17)8-6-10)16-19-13-4-2-3-12(13)15(18)21(16)20-9/h5-8H,2-4H2,1H3. The van der Waals surface area contributed by atoms with Gasteiger partial charge in [0.05, 0.1) is 5.69 Å².